The Morgan fingerprint density at radius 1 is 0.704 bits per heavy atom. The van der Waals surface area contributed by atoms with E-state index in [1.165, 1.54) is 32.1 Å². The molecule has 0 bridgehead atoms. The van der Waals surface area contributed by atoms with Gasteiger partial charge in [-0.3, -0.25) is 0 Å². The third kappa shape index (κ3) is 4.78. The Bertz CT molecular complexity index is 640. The number of nitrogens with two attached hydrogens (primary N) is 1. The maximum atomic E-state index is 7.14. The summed E-state index contributed by atoms with van der Waals surface area (Å²) >= 11 is 0. The lowest BCUT2D eigenvalue weighted by Crippen LogP contribution is -2.58. The predicted octanol–water partition coefficient (Wildman–Crippen LogP) is 5.74. The van der Waals surface area contributed by atoms with Crippen molar-refractivity contribution in [1.29, 1.82) is 0 Å². The number of benzene rings is 2. The van der Waals surface area contributed by atoms with Crippen molar-refractivity contribution in [2.24, 2.45) is 5.73 Å². The van der Waals surface area contributed by atoms with E-state index in [0.29, 0.717) is 0 Å². The first-order valence-electron chi connectivity index (χ1n) is 10.1. The summed E-state index contributed by atoms with van der Waals surface area (Å²) in [7, 11) is 3.37. The van der Waals surface area contributed by atoms with Gasteiger partial charge in [0.05, 0.1) is 0 Å². The first kappa shape index (κ1) is 21.6. The van der Waals surface area contributed by atoms with Crippen LogP contribution in [0.5, 0.6) is 0 Å². The summed E-state index contributed by atoms with van der Waals surface area (Å²) in [6.45, 7) is 2.24. The molecule has 2 rings (SSSR count). The van der Waals surface area contributed by atoms with Gasteiger partial charge in [0, 0.05) is 19.8 Å². The zero-order valence-electron chi connectivity index (χ0n) is 17.1. The highest BCUT2D eigenvalue weighted by Gasteiger charge is 2.52. The maximum Gasteiger partial charge on any atom is 0.217 e. The molecule has 0 saturated heterocycles. The zero-order valence-corrected chi connectivity index (χ0v) is 17.1. The highest BCUT2D eigenvalue weighted by Crippen LogP contribution is 2.45. The number of unbranched alkanes of at least 4 members (excludes halogenated alkanes) is 5. The lowest BCUT2D eigenvalue weighted by atomic mass is 9.75. The number of methoxy groups -OCH3 is 2. The SMILES string of the molecule is CCCCCCCCC(N)(c1ccccc1)C(OC)(OC)c1ccccc1. The molecule has 2 aromatic carbocycles. The molecule has 0 aliphatic rings. The molecule has 1 unspecified atom stereocenters. The van der Waals surface area contributed by atoms with Crippen LogP contribution in [0.25, 0.3) is 0 Å². The Morgan fingerprint density at radius 2 is 1.19 bits per heavy atom. The predicted molar refractivity (Wildman–Crippen MR) is 112 cm³/mol. The molecule has 3 nitrogen and oxygen atoms in total. The van der Waals surface area contributed by atoms with Gasteiger partial charge < -0.3 is 15.2 Å². The molecule has 0 heterocycles. The summed E-state index contributed by atoms with van der Waals surface area (Å²) in [5.41, 5.74) is 8.33. The van der Waals surface area contributed by atoms with Gasteiger partial charge in [0.25, 0.3) is 0 Å². The molecule has 0 amide bonds. The second kappa shape index (κ2) is 10.6. The normalized spacial score (nSPS) is 14.1. The molecule has 0 aliphatic carbocycles. The molecule has 2 aromatic rings. The van der Waals surface area contributed by atoms with Crippen molar-refractivity contribution in [3.05, 3.63) is 71.8 Å². The van der Waals surface area contributed by atoms with Gasteiger partial charge in [0.15, 0.2) is 0 Å². The van der Waals surface area contributed by atoms with Crippen molar-refractivity contribution >= 4 is 0 Å². The average Bonchev–Trinajstić information content (AvgIpc) is 2.73. The Morgan fingerprint density at radius 3 is 1.70 bits per heavy atom. The van der Waals surface area contributed by atoms with Crippen molar-refractivity contribution in [2.45, 2.75) is 63.2 Å². The van der Waals surface area contributed by atoms with E-state index in [2.05, 4.69) is 19.1 Å². The smallest absolute Gasteiger partial charge is 0.217 e. The molecule has 0 fully saturated rings. The second-order valence-electron chi connectivity index (χ2n) is 7.25. The van der Waals surface area contributed by atoms with Crippen molar-refractivity contribution in [2.75, 3.05) is 14.2 Å². The molecule has 27 heavy (non-hydrogen) atoms. The molecular formula is C24H35NO2. The summed E-state index contributed by atoms with van der Waals surface area (Å²) in [5.74, 6) is -1.04. The highest BCUT2D eigenvalue weighted by atomic mass is 16.7. The first-order chi connectivity index (χ1) is 13.1. The molecule has 1 atom stereocenters. The van der Waals surface area contributed by atoms with Crippen LogP contribution in [0.4, 0.5) is 0 Å². The van der Waals surface area contributed by atoms with Gasteiger partial charge >= 0.3 is 0 Å². The standard InChI is InChI=1S/C24H35NO2/c1-4-5-6-7-8-15-20-23(25,21-16-11-9-12-17-21)24(26-2,27-3)22-18-13-10-14-19-22/h9-14,16-19H,4-8,15,20,25H2,1-3H3. The first-order valence-corrected chi connectivity index (χ1v) is 10.1. The molecule has 148 valence electrons. The Labute approximate surface area is 164 Å². The monoisotopic (exact) mass is 369 g/mol. The molecule has 0 spiro atoms. The van der Waals surface area contributed by atoms with Crippen LogP contribution < -0.4 is 5.73 Å². The fraction of sp³-hybridized carbons (Fsp3) is 0.500. The minimum atomic E-state index is -1.04. The summed E-state index contributed by atoms with van der Waals surface area (Å²) in [6.07, 6.45) is 8.10. The molecule has 0 radical (unpaired) electrons. The van der Waals surface area contributed by atoms with E-state index in [1.54, 1.807) is 14.2 Å². The van der Waals surface area contributed by atoms with Gasteiger partial charge in [0.1, 0.15) is 5.54 Å². The molecular weight excluding hydrogens is 334 g/mol. The van der Waals surface area contributed by atoms with Crippen molar-refractivity contribution < 1.29 is 9.47 Å². The Kier molecular flexibility index (Phi) is 8.49. The van der Waals surface area contributed by atoms with E-state index in [0.717, 1.165) is 24.0 Å². The fourth-order valence-corrected chi connectivity index (χ4v) is 4.02. The molecule has 0 aliphatic heterocycles. The fourth-order valence-electron chi connectivity index (χ4n) is 4.02. The lowest BCUT2D eigenvalue weighted by molar-refractivity contribution is -0.263. The molecule has 0 aromatic heterocycles. The van der Waals surface area contributed by atoms with E-state index >= 15 is 0 Å². The summed E-state index contributed by atoms with van der Waals surface area (Å²) < 4.78 is 12.1. The maximum absolute atomic E-state index is 7.14. The molecule has 3 heteroatoms. The second-order valence-corrected chi connectivity index (χ2v) is 7.25. The van der Waals surface area contributed by atoms with Crippen LogP contribution >= 0.6 is 0 Å². The minimum absolute atomic E-state index is 0.788. The number of hydrogen-bond donors (Lipinski definition) is 1. The van der Waals surface area contributed by atoms with E-state index in [-0.39, 0.29) is 0 Å². The van der Waals surface area contributed by atoms with Crippen LogP contribution in [0, 0.1) is 0 Å². The van der Waals surface area contributed by atoms with Crippen LogP contribution in [-0.4, -0.2) is 14.2 Å². The van der Waals surface area contributed by atoms with Crippen LogP contribution in [-0.2, 0) is 20.8 Å². The van der Waals surface area contributed by atoms with E-state index in [4.69, 9.17) is 15.2 Å². The van der Waals surface area contributed by atoms with Gasteiger partial charge in [0.2, 0.25) is 5.79 Å². The third-order valence-corrected chi connectivity index (χ3v) is 5.53. The number of hydrogen-bond acceptors (Lipinski definition) is 3. The van der Waals surface area contributed by atoms with Crippen LogP contribution in [0.3, 0.4) is 0 Å². The average molecular weight is 370 g/mol. The lowest BCUT2D eigenvalue weighted by Gasteiger charge is -2.47. The quantitative estimate of drug-likeness (QED) is 0.383. The van der Waals surface area contributed by atoms with Crippen LogP contribution in [0.15, 0.2) is 60.7 Å². The zero-order chi connectivity index (χ0) is 19.6. The Balaban J connectivity index is 2.35. The van der Waals surface area contributed by atoms with E-state index < -0.39 is 11.3 Å². The van der Waals surface area contributed by atoms with Crippen molar-refractivity contribution in [3.8, 4) is 0 Å². The van der Waals surface area contributed by atoms with Gasteiger partial charge in [-0.15, -0.1) is 0 Å². The van der Waals surface area contributed by atoms with Crippen molar-refractivity contribution in [1.82, 2.24) is 0 Å². The summed E-state index contributed by atoms with van der Waals surface area (Å²) in [5, 5.41) is 0. The van der Waals surface area contributed by atoms with Crippen LogP contribution in [0.2, 0.25) is 0 Å². The minimum Gasteiger partial charge on any atom is -0.348 e. The summed E-state index contributed by atoms with van der Waals surface area (Å²) in [6, 6.07) is 20.3. The molecule has 0 saturated carbocycles. The Hall–Kier alpha value is -1.68. The van der Waals surface area contributed by atoms with E-state index in [1.807, 2.05) is 48.5 Å². The summed E-state index contributed by atoms with van der Waals surface area (Å²) in [4.78, 5) is 0. The third-order valence-electron chi connectivity index (χ3n) is 5.53. The largest absolute Gasteiger partial charge is 0.348 e. The molecule has 2 N–H and O–H groups in total. The van der Waals surface area contributed by atoms with Gasteiger partial charge in [-0.25, -0.2) is 0 Å². The topological polar surface area (TPSA) is 44.5 Å². The van der Waals surface area contributed by atoms with Crippen molar-refractivity contribution in [3.63, 3.8) is 0 Å². The van der Waals surface area contributed by atoms with E-state index in [9.17, 15) is 0 Å². The van der Waals surface area contributed by atoms with Gasteiger partial charge in [-0.2, -0.15) is 0 Å². The van der Waals surface area contributed by atoms with Gasteiger partial charge in [-0.05, 0) is 12.0 Å². The number of rotatable bonds is 12. The number of ether oxygens (including phenoxy) is 2. The van der Waals surface area contributed by atoms with Crippen LogP contribution in [0.1, 0.15) is 63.0 Å². The highest BCUT2D eigenvalue weighted by molar-refractivity contribution is 5.34. The van der Waals surface area contributed by atoms with Gasteiger partial charge in [-0.1, -0.05) is 106 Å².